The molecule has 0 atom stereocenters. The lowest BCUT2D eigenvalue weighted by atomic mass is 9.99. The van der Waals surface area contributed by atoms with Crippen molar-refractivity contribution in [3.63, 3.8) is 0 Å². The number of rotatable bonds is 8. The summed E-state index contributed by atoms with van der Waals surface area (Å²) in [6.07, 6.45) is 0. The van der Waals surface area contributed by atoms with Crippen molar-refractivity contribution >= 4 is 63.3 Å². The molecule has 8 nitrogen and oxygen atoms in total. The van der Waals surface area contributed by atoms with Crippen molar-refractivity contribution in [1.29, 1.82) is 0 Å². The number of halogens is 1. The summed E-state index contributed by atoms with van der Waals surface area (Å²) in [6.45, 7) is 4.32. The first-order chi connectivity index (χ1) is 18.1. The average Bonchev–Trinajstić information content (AvgIpc) is 3.17. The minimum atomic E-state index is -0.251. The van der Waals surface area contributed by atoms with Crippen molar-refractivity contribution in [2.24, 2.45) is 0 Å². The largest absolute Gasteiger partial charge is 0.354 e. The third kappa shape index (κ3) is 6.22. The summed E-state index contributed by atoms with van der Waals surface area (Å²) in [7, 11) is 3.93. The zero-order valence-electron chi connectivity index (χ0n) is 21.8. The SMILES string of the molecule is CC(=O)Nc1ccc(C(Nc2ccc(N(CCN(C)C)C(C)=O)cc2)=C2C(=O)Nc3cc(Cl)ccc32)cc1. The minimum absolute atomic E-state index is 0.0347. The van der Waals surface area contributed by atoms with Gasteiger partial charge in [0.15, 0.2) is 0 Å². The van der Waals surface area contributed by atoms with Crippen LogP contribution in [0.25, 0.3) is 11.3 Å². The van der Waals surface area contributed by atoms with Gasteiger partial charge in [-0.05, 0) is 68.2 Å². The van der Waals surface area contributed by atoms with E-state index in [0.29, 0.717) is 34.2 Å². The van der Waals surface area contributed by atoms with Crippen molar-refractivity contribution in [2.75, 3.05) is 48.0 Å². The molecule has 0 aromatic heterocycles. The van der Waals surface area contributed by atoms with Gasteiger partial charge in [-0.3, -0.25) is 14.4 Å². The van der Waals surface area contributed by atoms with Gasteiger partial charge in [-0.25, -0.2) is 0 Å². The first kappa shape index (κ1) is 26.9. The van der Waals surface area contributed by atoms with E-state index in [4.69, 9.17) is 11.6 Å². The highest BCUT2D eigenvalue weighted by atomic mass is 35.5. The van der Waals surface area contributed by atoms with Crippen LogP contribution >= 0.6 is 11.6 Å². The molecule has 0 aliphatic carbocycles. The lowest BCUT2D eigenvalue weighted by molar-refractivity contribution is -0.116. The lowest BCUT2D eigenvalue weighted by Crippen LogP contribution is -2.35. The van der Waals surface area contributed by atoms with Crippen molar-refractivity contribution < 1.29 is 14.4 Å². The number of carbonyl (C=O) groups is 3. The van der Waals surface area contributed by atoms with Crippen LogP contribution in [0.2, 0.25) is 5.02 Å². The maximum absolute atomic E-state index is 13.1. The first-order valence-electron chi connectivity index (χ1n) is 12.2. The van der Waals surface area contributed by atoms with Gasteiger partial charge in [-0.1, -0.05) is 29.8 Å². The van der Waals surface area contributed by atoms with E-state index in [0.717, 1.165) is 29.0 Å². The van der Waals surface area contributed by atoms with Crippen LogP contribution in [0, 0.1) is 0 Å². The highest BCUT2D eigenvalue weighted by Gasteiger charge is 2.28. The maximum atomic E-state index is 13.1. The molecular weight excluding hydrogens is 502 g/mol. The predicted octanol–water partition coefficient (Wildman–Crippen LogP) is 5.15. The molecule has 3 amide bonds. The fourth-order valence-electron chi connectivity index (χ4n) is 4.23. The number of likely N-dealkylation sites (N-methyl/N-ethyl adjacent to an activating group) is 1. The summed E-state index contributed by atoms with van der Waals surface area (Å²) in [5.41, 5.74) is 5.39. The Morgan fingerprint density at radius 3 is 2.11 bits per heavy atom. The van der Waals surface area contributed by atoms with Gasteiger partial charge in [-0.2, -0.15) is 0 Å². The van der Waals surface area contributed by atoms with E-state index in [1.807, 2.05) is 61.5 Å². The zero-order valence-corrected chi connectivity index (χ0v) is 22.5. The minimum Gasteiger partial charge on any atom is -0.354 e. The van der Waals surface area contributed by atoms with Gasteiger partial charge >= 0.3 is 0 Å². The summed E-state index contributed by atoms with van der Waals surface area (Å²) in [5, 5.41) is 9.60. The molecule has 3 N–H and O–H groups in total. The molecule has 4 rings (SSSR count). The molecule has 0 saturated carbocycles. The summed E-state index contributed by atoms with van der Waals surface area (Å²) >= 11 is 6.16. The molecule has 196 valence electrons. The smallest absolute Gasteiger partial charge is 0.258 e. The molecule has 3 aromatic carbocycles. The van der Waals surface area contributed by atoms with Crippen molar-refractivity contribution in [3.05, 3.63) is 82.9 Å². The Hall–Kier alpha value is -4.14. The summed E-state index contributed by atoms with van der Waals surface area (Å²) in [4.78, 5) is 40.6. The number of fused-ring (bicyclic) bond motifs is 1. The Labute approximate surface area is 227 Å². The van der Waals surface area contributed by atoms with Crippen LogP contribution in [0.4, 0.5) is 22.7 Å². The third-order valence-electron chi connectivity index (χ3n) is 6.07. The molecule has 0 fully saturated rings. The van der Waals surface area contributed by atoms with Crippen LogP contribution in [0.3, 0.4) is 0 Å². The van der Waals surface area contributed by atoms with Crippen LogP contribution in [-0.2, 0) is 14.4 Å². The molecule has 1 aliphatic rings. The molecule has 0 bridgehead atoms. The monoisotopic (exact) mass is 531 g/mol. The van der Waals surface area contributed by atoms with Gasteiger partial charge in [-0.15, -0.1) is 0 Å². The number of hydrogen-bond acceptors (Lipinski definition) is 5. The zero-order chi connectivity index (χ0) is 27.4. The Morgan fingerprint density at radius 1 is 0.868 bits per heavy atom. The van der Waals surface area contributed by atoms with Crippen molar-refractivity contribution in [2.45, 2.75) is 13.8 Å². The third-order valence-corrected chi connectivity index (χ3v) is 6.30. The number of nitrogens with one attached hydrogen (secondary N) is 3. The van der Waals surface area contributed by atoms with Gasteiger partial charge in [0.25, 0.3) is 5.91 Å². The second-order valence-electron chi connectivity index (χ2n) is 9.30. The average molecular weight is 532 g/mol. The van der Waals surface area contributed by atoms with E-state index < -0.39 is 0 Å². The predicted molar refractivity (Wildman–Crippen MR) is 154 cm³/mol. The molecule has 0 saturated heterocycles. The molecule has 0 spiro atoms. The normalized spacial score (nSPS) is 13.6. The number of hydrogen-bond donors (Lipinski definition) is 3. The van der Waals surface area contributed by atoms with E-state index in [1.165, 1.54) is 6.92 Å². The number of amides is 3. The lowest BCUT2D eigenvalue weighted by Gasteiger charge is -2.23. The molecule has 0 radical (unpaired) electrons. The molecule has 3 aromatic rings. The van der Waals surface area contributed by atoms with E-state index in [1.54, 1.807) is 36.1 Å². The first-order valence-corrected chi connectivity index (χ1v) is 12.5. The molecule has 38 heavy (non-hydrogen) atoms. The molecule has 1 aliphatic heterocycles. The topological polar surface area (TPSA) is 93.8 Å². The molecule has 1 heterocycles. The van der Waals surface area contributed by atoms with E-state index in [-0.39, 0.29) is 17.7 Å². The highest BCUT2D eigenvalue weighted by molar-refractivity contribution is 6.38. The maximum Gasteiger partial charge on any atom is 0.258 e. The number of nitrogens with zero attached hydrogens (tertiary/aromatic N) is 2. The second-order valence-corrected chi connectivity index (χ2v) is 9.73. The molecule has 0 unspecified atom stereocenters. The second kappa shape index (κ2) is 11.5. The van der Waals surface area contributed by atoms with Crippen molar-refractivity contribution in [1.82, 2.24) is 4.90 Å². The number of carbonyl (C=O) groups excluding carboxylic acids is 3. The Bertz CT molecular complexity index is 1400. The van der Waals surface area contributed by atoms with Gasteiger partial charge < -0.3 is 25.8 Å². The van der Waals surface area contributed by atoms with Crippen LogP contribution in [0.5, 0.6) is 0 Å². The highest BCUT2D eigenvalue weighted by Crippen LogP contribution is 2.39. The standard InChI is InChI=1S/C29H30ClN5O3/c1-18(36)31-22-8-5-20(6-9-22)28(27-25-14-7-21(30)17-26(25)33-29(27)38)32-23-10-12-24(13-11-23)35(19(2)37)16-15-34(3)4/h5-14,17,32H,15-16H2,1-4H3,(H,31,36)(H,33,38). The fraction of sp³-hybridized carbons (Fsp3) is 0.207. The molecular formula is C29H30ClN5O3. The summed E-state index contributed by atoms with van der Waals surface area (Å²) in [6, 6.07) is 20.1. The number of anilines is 4. The van der Waals surface area contributed by atoms with E-state index in [9.17, 15) is 14.4 Å². The van der Waals surface area contributed by atoms with E-state index >= 15 is 0 Å². The Morgan fingerprint density at radius 2 is 1.50 bits per heavy atom. The van der Waals surface area contributed by atoms with Crippen LogP contribution in [0.15, 0.2) is 66.7 Å². The van der Waals surface area contributed by atoms with Crippen molar-refractivity contribution in [3.8, 4) is 0 Å². The van der Waals surface area contributed by atoms with Gasteiger partial charge in [0, 0.05) is 54.6 Å². The summed E-state index contributed by atoms with van der Waals surface area (Å²) < 4.78 is 0. The molecule has 9 heteroatoms. The number of benzene rings is 3. The fourth-order valence-corrected chi connectivity index (χ4v) is 4.41. The van der Waals surface area contributed by atoms with Gasteiger partial charge in [0.05, 0.1) is 17.0 Å². The van der Waals surface area contributed by atoms with E-state index in [2.05, 4.69) is 16.0 Å². The Balaban J connectivity index is 1.72. The Kier molecular flexibility index (Phi) is 8.14. The summed E-state index contributed by atoms with van der Waals surface area (Å²) in [5.74, 6) is -0.452. The van der Waals surface area contributed by atoms with Crippen LogP contribution in [0.1, 0.15) is 25.0 Å². The van der Waals surface area contributed by atoms with Gasteiger partial charge in [0.1, 0.15) is 0 Å². The van der Waals surface area contributed by atoms with Crippen LogP contribution in [-0.4, -0.2) is 49.8 Å². The van der Waals surface area contributed by atoms with Crippen LogP contribution < -0.4 is 20.9 Å². The quantitative estimate of drug-likeness (QED) is 0.350. The van der Waals surface area contributed by atoms with Gasteiger partial charge in [0.2, 0.25) is 11.8 Å².